The van der Waals surface area contributed by atoms with Gasteiger partial charge in [-0.3, -0.25) is 4.79 Å². The normalized spacial score (nSPS) is 20.7. The number of amides is 1. The highest BCUT2D eigenvalue weighted by atomic mass is 32.2. The highest BCUT2D eigenvalue weighted by molar-refractivity contribution is 7.91. The number of hydrogen-bond acceptors (Lipinski definition) is 4. The minimum Gasteiger partial charge on any atom is -0.338 e. The van der Waals surface area contributed by atoms with E-state index >= 15 is 0 Å². The van der Waals surface area contributed by atoms with Gasteiger partial charge in [-0.1, -0.05) is 13.8 Å². The summed E-state index contributed by atoms with van der Waals surface area (Å²) in [4.78, 5) is 13.7. The molecule has 2 N–H and O–H groups in total. The van der Waals surface area contributed by atoms with Crippen molar-refractivity contribution >= 4 is 15.7 Å². The third-order valence-electron chi connectivity index (χ3n) is 3.18. The van der Waals surface area contributed by atoms with Crippen LogP contribution in [0.15, 0.2) is 0 Å². The lowest BCUT2D eigenvalue weighted by Gasteiger charge is -2.23. The lowest BCUT2D eigenvalue weighted by atomic mass is 10.2. The fourth-order valence-electron chi connectivity index (χ4n) is 2.39. The molecule has 0 spiro atoms. The van der Waals surface area contributed by atoms with Crippen molar-refractivity contribution in [3.05, 3.63) is 0 Å². The maximum atomic E-state index is 12.0. The van der Waals surface area contributed by atoms with Gasteiger partial charge in [-0.15, -0.1) is 0 Å². The van der Waals surface area contributed by atoms with Crippen LogP contribution in [0.25, 0.3) is 0 Å². The number of nitrogens with zero attached hydrogens (tertiary/aromatic N) is 1. The maximum Gasteiger partial charge on any atom is 0.223 e. The van der Waals surface area contributed by atoms with Gasteiger partial charge < -0.3 is 10.6 Å². The number of carbonyl (C=O) groups excluding carboxylic acids is 1. The van der Waals surface area contributed by atoms with E-state index in [-0.39, 0.29) is 35.8 Å². The molecule has 5 nitrogen and oxygen atoms in total. The number of sulfone groups is 1. The van der Waals surface area contributed by atoms with Crippen molar-refractivity contribution in [2.75, 3.05) is 24.6 Å². The summed E-state index contributed by atoms with van der Waals surface area (Å²) in [6.07, 6.45) is 1.99. The van der Waals surface area contributed by atoms with E-state index in [1.165, 1.54) is 0 Å². The molecule has 1 heterocycles. The predicted molar refractivity (Wildman–Crippen MR) is 71.9 cm³/mol. The second-order valence-corrected chi connectivity index (χ2v) is 7.61. The topological polar surface area (TPSA) is 80.5 Å². The zero-order valence-corrected chi connectivity index (χ0v) is 12.1. The Morgan fingerprint density at radius 2 is 2.11 bits per heavy atom. The van der Waals surface area contributed by atoms with Crippen LogP contribution in [0.1, 0.15) is 33.1 Å². The van der Waals surface area contributed by atoms with Crippen molar-refractivity contribution in [1.29, 1.82) is 0 Å². The van der Waals surface area contributed by atoms with Crippen LogP contribution in [0.3, 0.4) is 0 Å². The molecule has 18 heavy (non-hydrogen) atoms. The van der Waals surface area contributed by atoms with Crippen LogP contribution in [0, 0.1) is 5.92 Å². The van der Waals surface area contributed by atoms with Gasteiger partial charge in [0, 0.05) is 25.6 Å². The second-order valence-electron chi connectivity index (χ2n) is 5.38. The van der Waals surface area contributed by atoms with Crippen LogP contribution in [0.2, 0.25) is 0 Å². The largest absolute Gasteiger partial charge is 0.338 e. The van der Waals surface area contributed by atoms with Crippen LogP contribution in [-0.2, 0) is 14.6 Å². The molecule has 1 aliphatic rings. The molecule has 0 radical (unpaired) electrons. The summed E-state index contributed by atoms with van der Waals surface area (Å²) in [6, 6.07) is 0.102. The van der Waals surface area contributed by atoms with E-state index in [9.17, 15) is 13.2 Å². The molecular formula is C12H24N2O3S. The van der Waals surface area contributed by atoms with Crippen molar-refractivity contribution in [3.8, 4) is 0 Å². The molecule has 1 fully saturated rings. The highest BCUT2D eigenvalue weighted by Crippen LogP contribution is 2.17. The summed E-state index contributed by atoms with van der Waals surface area (Å²) < 4.78 is 23.4. The summed E-state index contributed by atoms with van der Waals surface area (Å²) in [7, 11) is -3.11. The zero-order chi connectivity index (χ0) is 13.8. The van der Waals surface area contributed by atoms with E-state index in [0.29, 0.717) is 13.1 Å². The minimum absolute atomic E-state index is 0.0438. The average molecular weight is 276 g/mol. The fourth-order valence-corrected chi connectivity index (χ4v) is 4.05. The van der Waals surface area contributed by atoms with E-state index in [1.807, 2.05) is 13.8 Å². The van der Waals surface area contributed by atoms with Gasteiger partial charge in [-0.25, -0.2) is 8.42 Å². The van der Waals surface area contributed by atoms with E-state index in [0.717, 1.165) is 12.8 Å². The molecule has 0 aromatic rings. The third kappa shape index (κ3) is 4.57. The fraction of sp³-hybridized carbons (Fsp3) is 0.917. The first-order valence-corrected chi connectivity index (χ1v) is 8.38. The summed E-state index contributed by atoms with van der Waals surface area (Å²) in [5.41, 5.74) is 5.60. The van der Waals surface area contributed by atoms with Gasteiger partial charge in [0.1, 0.15) is 0 Å². The van der Waals surface area contributed by atoms with Crippen molar-refractivity contribution in [3.63, 3.8) is 0 Å². The Morgan fingerprint density at radius 1 is 1.44 bits per heavy atom. The molecular weight excluding hydrogens is 252 g/mol. The highest BCUT2D eigenvalue weighted by Gasteiger charge is 2.28. The van der Waals surface area contributed by atoms with E-state index < -0.39 is 9.84 Å². The van der Waals surface area contributed by atoms with Crippen molar-refractivity contribution in [1.82, 2.24) is 4.90 Å². The molecule has 1 amide bonds. The maximum absolute atomic E-state index is 12.0. The summed E-state index contributed by atoms with van der Waals surface area (Å²) in [5.74, 6) is 0.141. The molecule has 0 aromatic carbocycles. The molecule has 1 unspecified atom stereocenters. The Bertz CT molecular complexity index is 379. The van der Waals surface area contributed by atoms with Crippen LogP contribution in [0.5, 0.6) is 0 Å². The molecule has 1 rings (SSSR count). The van der Waals surface area contributed by atoms with Gasteiger partial charge in [-0.2, -0.15) is 0 Å². The quantitative estimate of drug-likeness (QED) is 0.761. The van der Waals surface area contributed by atoms with Crippen molar-refractivity contribution < 1.29 is 13.2 Å². The number of rotatable bonds is 6. The number of likely N-dealkylation sites (tertiary alicyclic amines) is 1. The van der Waals surface area contributed by atoms with Gasteiger partial charge in [0.05, 0.1) is 11.5 Å². The van der Waals surface area contributed by atoms with E-state index in [1.54, 1.807) is 4.90 Å². The molecule has 0 bridgehead atoms. The number of carbonyl (C=O) groups is 1. The van der Waals surface area contributed by atoms with Crippen molar-refractivity contribution in [2.24, 2.45) is 11.7 Å². The standard InChI is InChI=1S/C12H24N2O3S/c1-10(2)9-18(16,17)7-5-12(15)14-6-3-4-11(14)8-13/h10-11H,3-9,13H2,1-2H3. The van der Waals surface area contributed by atoms with Crippen LogP contribution < -0.4 is 5.73 Å². The Morgan fingerprint density at radius 3 is 2.67 bits per heavy atom. The number of hydrogen-bond donors (Lipinski definition) is 1. The SMILES string of the molecule is CC(C)CS(=O)(=O)CCC(=O)N1CCCC1CN. The Balaban J connectivity index is 2.46. The summed E-state index contributed by atoms with van der Waals surface area (Å²) >= 11 is 0. The summed E-state index contributed by atoms with van der Waals surface area (Å²) in [6.45, 7) is 4.91. The average Bonchev–Trinajstić information content (AvgIpc) is 2.72. The van der Waals surface area contributed by atoms with Crippen LogP contribution in [0.4, 0.5) is 0 Å². The first-order valence-electron chi connectivity index (χ1n) is 6.55. The lowest BCUT2D eigenvalue weighted by Crippen LogP contribution is -2.40. The Labute approximate surface area is 110 Å². The Hall–Kier alpha value is -0.620. The predicted octanol–water partition coefficient (Wildman–Crippen LogP) is 0.397. The monoisotopic (exact) mass is 276 g/mol. The molecule has 106 valence electrons. The molecule has 0 aliphatic carbocycles. The molecule has 1 aliphatic heterocycles. The Kier molecular flexibility index (Phi) is 5.59. The molecule has 0 saturated carbocycles. The van der Waals surface area contributed by atoms with E-state index in [2.05, 4.69) is 0 Å². The first-order chi connectivity index (χ1) is 8.35. The summed E-state index contributed by atoms with van der Waals surface area (Å²) in [5, 5.41) is 0. The van der Waals surface area contributed by atoms with Gasteiger partial charge in [0.2, 0.25) is 5.91 Å². The van der Waals surface area contributed by atoms with Gasteiger partial charge >= 0.3 is 0 Å². The molecule has 6 heteroatoms. The molecule has 0 aromatic heterocycles. The third-order valence-corrected chi connectivity index (χ3v) is 5.18. The molecule has 1 saturated heterocycles. The lowest BCUT2D eigenvalue weighted by molar-refractivity contribution is -0.131. The zero-order valence-electron chi connectivity index (χ0n) is 11.3. The van der Waals surface area contributed by atoms with Gasteiger partial charge in [-0.05, 0) is 18.8 Å². The van der Waals surface area contributed by atoms with Crippen LogP contribution in [-0.4, -0.2) is 49.9 Å². The van der Waals surface area contributed by atoms with Gasteiger partial charge in [0.15, 0.2) is 9.84 Å². The van der Waals surface area contributed by atoms with E-state index in [4.69, 9.17) is 5.73 Å². The second kappa shape index (κ2) is 6.52. The molecule has 1 atom stereocenters. The van der Waals surface area contributed by atoms with Crippen LogP contribution >= 0.6 is 0 Å². The first kappa shape index (κ1) is 15.4. The van der Waals surface area contributed by atoms with Crippen molar-refractivity contribution in [2.45, 2.75) is 39.2 Å². The number of nitrogens with two attached hydrogens (primary N) is 1. The smallest absolute Gasteiger partial charge is 0.223 e. The van der Waals surface area contributed by atoms with Gasteiger partial charge in [0.25, 0.3) is 0 Å². The minimum atomic E-state index is -3.11.